The van der Waals surface area contributed by atoms with Gasteiger partial charge in [0.1, 0.15) is 5.82 Å². The van der Waals surface area contributed by atoms with Crippen molar-refractivity contribution in [1.82, 2.24) is 9.78 Å². The fraction of sp³-hybridized carbons (Fsp3) is 0.0526. The lowest BCUT2D eigenvalue weighted by atomic mass is 10.1. The molecule has 0 aliphatic heterocycles. The number of nitro benzene ring substituents is 1. The molecule has 3 rings (SSSR count). The molecule has 7 nitrogen and oxygen atoms in total. The molecular weight excluding hydrogens is 353 g/mol. The van der Waals surface area contributed by atoms with Crippen LogP contribution in [0.3, 0.4) is 0 Å². The van der Waals surface area contributed by atoms with Crippen molar-refractivity contribution in [3.63, 3.8) is 0 Å². The molecule has 0 aliphatic rings. The predicted octanol–water partition coefficient (Wildman–Crippen LogP) is 3.83. The van der Waals surface area contributed by atoms with Gasteiger partial charge in [-0.2, -0.15) is 5.10 Å². The lowest BCUT2D eigenvalue weighted by Gasteiger charge is -2.04. The molecule has 0 atom stereocenters. The molecule has 0 unspecified atom stereocenters. The van der Waals surface area contributed by atoms with Crippen LogP contribution in [0.5, 0.6) is 5.75 Å². The van der Waals surface area contributed by atoms with E-state index in [1.165, 1.54) is 53.4 Å². The number of hydrogen-bond acceptors (Lipinski definition) is 5. The van der Waals surface area contributed by atoms with Crippen molar-refractivity contribution >= 4 is 17.5 Å². The number of halogens is 1. The molecule has 0 saturated heterocycles. The molecule has 3 aromatic rings. The minimum absolute atomic E-state index is 0.336. The van der Waals surface area contributed by atoms with E-state index in [1.54, 1.807) is 19.1 Å². The van der Waals surface area contributed by atoms with E-state index in [0.29, 0.717) is 22.5 Å². The molecule has 136 valence electrons. The van der Waals surface area contributed by atoms with Crippen molar-refractivity contribution in [2.45, 2.75) is 6.92 Å². The lowest BCUT2D eigenvalue weighted by Crippen LogP contribution is -2.01. The van der Waals surface area contributed by atoms with Crippen LogP contribution < -0.4 is 0 Å². The molecule has 27 heavy (non-hydrogen) atoms. The first-order chi connectivity index (χ1) is 12.9. The standard InChI is InChI=1S/C19H14FN3O4/c1-12-16(11-21-22(12)15-6-4-14(20)5-7-15)18(24)8-2-13-3-9-19(25)17(10-13)23(26)27/h2-11,25H,1H3. The van der Waals surface area contributed by atoms with Gasteiger partial charge in [0, 0.05) is 6.07 Å². The highest BCUT2D eigenvalue weighted by Crippen LogP contribution is 2.27. The second kappa shape index (κ2) is 7.20. The number of carbonyl (C=O) groups excluding carboxylic acids is 1. The fourth-order valence-electron chi connectivity index (χ4n) is 2.55. The number of ketones is 1. The Kier molecular flexibility index (Phi) is 4.80. The highest BCUT2D eigenvalue weighted by Gasteiger charge is 2.15. The smallest absolute Gasteiger partial charge is 0.311 e. The first-order valence-corrected chi connectivity index (χ1v) is 7.87. The van der Waals surface area contributed by atoms with Gasteiger partial charge in [0.05, 0.1) is 28.1 Å². The number of aromatic hydroxyl groups is 1. The van der Waals surface area contributed by atoms with E-state index < -0.39 is 16.4 Å². The van der Waals surface area contributed by atoms with E-state index in [4.69, 9.17) is 0 Å². The minimum atomic E-state index is -0.703. The van der Waals surface area contributed by atoms with Crippen LogP contribution in [0.1, 0.15) is 21.6 Å². The number of rotatable bonds is 5. The number of nitro groups is 1. The van der Waals surface area contributed by atoms with Gasteiger partial charge < -0.3 is 5.11 Å². The average molecular weight is 367 g/mol. The topological polar surface area (TPSA) is 98.3 Å². The van der Waals surface area contributed by atoms with Crippen molar-refractivity contribution < 1.29 is 19.2 Å². The Morgan fingerprint density at radius 2 is 1.96 bits per heavy atom. The summed E-state index contributed by atoms with van der Waals surface area (Å²) < 4.78 is 14.6. The maximum atomic E-state index is 13.1. The Bertz CT molecular complexity index is 1060. The summed E-state index contributed by atoms with van der Waals surface area (Å²) in [6, 6.07) is 9.53. The lowest BCUT2D eigenvalue weighted by molar-refractivity contribution is -0.385. The molecule has 1 aromatic heterocycles. The van der Waals surface area contributed by atoms with E-state index in [-0.39, 0.29) is 11.6 Å². The zero-order chi connectivity index (χ0) is 19.6. The zero-order valence-corrected chi connectivity index (χ0v) is 14.2. The molecule has 0 fully saturated rings. The van der Waals surface area contributed by atoms with Crippen LogP contribution in [0.4, 0.5) is 10.1 Å². The van der Waals surface area contributed by atoms with E-state index in [1.807, 2.05) is 0 Å². The summed E-state index contributed by atoms with van der Waals surface area (Å²) >= 11 is 0. The largest absolute Gasteiger partial charge is 0.502 e. The minimum Gasteiger partial charge on any atom is -0.502 e. The number of allylic oxidation sites excluding steroid dienone is 1. The third-order valence-corrected chi connectivity index (χ3v) is 3.97. The molecule has 0 saturated carbocycles. The van der Waals surface area contributed by atoms with Gasteiger partial charge in [-0.25, -0.2) is 9.07 Å². The van der Waals surface area contributed by atoms with Gasteiger partial charge in [-0.3, -0.25) is 14.9 Å². The fourth-order valence-corrected chi connectivity index (χ4v) is 2.55. The number of phenols is 1. The molecular formula is C19H14FN3O4. The average Bonchev–Trinajstić information content (AvgIpc) is 3.02. The highest BCUT2D eigenvalue weighted by molar-refractivity contribution is 6.07. The summed E-state index contributed by atoms with van der Waals surface area (Å²) in [7, 11) is 0. The molecule has 0 spiro atoms. The highest BCUT2D eigenvalue weighted by atomic mass is 19.1. The van der Waals surface area contributed by atoms with Crippen molar-refractivity contribution in [3.05, 3.63) is 87.5 Å². The first-order valence-electron chi connectivity index (χ1n) is 7.87. The Morgan fingerprint density at radius 1 is 1.26 bits per heavy atom. The molecule has 1 N–H and O–H groups in total. The van der Waals surface area contributed by atoms with Crippen LogP contribution in [0, 0.1) is 22.9 Å². The normalized spacial score (nSPS) is 11.0. The number of hydrogen-bond donors (Lipinski definition) is 1. The van der Waals surface area contributed by atoms with Crippen LogP contribution in [0.15, 0.2) is 54.7 Å². The number of benzene rings is 2. The molecule has 1 heterocycles. The quantitative estimate of drug-likeness (QED) is 0.320. The first kappa shape index (κ1) is 18.0. The van der Waals surface area contributed by atoms with Gasteiger partial charge >= 0.3 is 5.69 Å². The van der Waals surface area contributed by atoms with Crippen molar-refractivity contribution in [2.24, 2.45) is 0 Å². The SMILES string of the molecule is Cc1c(C(=O)C=Cc2ccc(O)c([N+](=O)[O-])c2)cnn1-c1ccc(F)cc1. The zero-order valence-electron chi connectivity index (χ0n) is 14.2. The summed E-state index contributed by atoms with van der Waals surface area (Å²) in [6.45, 7) is 1.71. The van der Waals surface area contributed by atoms with Gasteiger partial charge in [-0.05, 0) is 48.9 Å². The number of carbonyl (C=O) groups is 1. The molecule has 0 radical (unpaired) electrons. The molecule has 0 amide bonds. The Labute approximate surface area is 153 Å². The van der Waals surface area contributed by atoms with Gasteiger partial charge in [-0.15, -0.1) is 0 Å². The van der Waals surface area contributed by atoms with E-state index in [0.717, 1.165) is 0 Å². The van der Waals surface area contributed by atoms with Gasteiger partial charge in [0.25, 0.3) is 0 Å². The number of nitrogens with zero attached hydrogens (tertiary/aromatic N) is 3. The Hall–Kier alpha value is -3.81. The second-order valence-corrected chi connectivity index (χ2v) is 5.73. The summed E-state index contributed by atoms with van der Waals surface area (Å²) in [5, 5.41) is 24.5. The Morgan fingerprint density at radius 3 is 2.63 bits per heavy atom. The van der Waals surface area contributed by atoms with Crippen LogP contribution in [-0.2, 0) is 0 Å². The third kappa shape index (κ3) is 3.74. The predicted molar refractivity (Wildman–Crippen MR) is 96.4 cm³/mol. The van der Waals surface area contributed by atoms with E-state index in [9.17, 15) is 24.4 Å². The maximum absolute atomic E-state index is 13.1. The summed E-state index contributed by atoms with van der Waals surface area (Å²) in [6.07, 6.45) is 4.10. The van der Waals surface area contributed by atoms with Crippen molar-refractivity contribution in [2.75, 3.05) is 0 Å². The van der Waals surface area contributed by atoms with Crippen LogP contribution >= 0.6 is 0 Å². The number of aromatic nitrogens is 2. The number of phenolic OH excluding ortho intramolecular Hbond substituents is 1. The monoisotopic (exact) mass is 367 g/mol. The molecule has 2 aromatic carbocycles. The maximum Gasteiger partial charge on any atom is 0.311 e. The van der Waals surface area contributed by atoms with Crippen LogP contribution in [0.2, 0.25) is 0 Å². The third-order valence-electron chi connectivity index (χ3n) is 3.97. The molecule has 8 heteroatoms. The van der Waals surface area contributed by atoms with Gasteiger partial charge in [-0.1, -0.05) is 12.1 Å². The van der Waals surface area contributed by atoms with Crippen molar-refractivity contribution in [1.29, 1.82) is 0 Å². The van der Waals surface area contributed by atoms with Crippen LogP contribution in [-0.4, -0.2) is 25.6 Å². The molecule has 0 aliphatic carbocycles. The summed E-state index contributed by atoms with van der Waals surface area (Å²) in [5.41, 5.74) is 1.50. The van der Waals surface area contributed by atoms with E-state index >= 15 is 0 Å². The van der Waals surface area contributed by atoms with Crippen LogP contribution in [0.25, 0.3) is 11.8 Å². The van der Waals surface area contributed by atoms with Gasteiger partial charge in [0.15, 0.2) is 11.5 Å². The summed E-state index contributed by atoms with van der Waals surface area (Å²) in [4.78, 5) is 22.6. The van der Waals surface area contributed by atoms with Gasteiger partial charge in [0.2, 0.25) is 0 Å². The second-order valence-electron chi connectivity index (χ2n) is 5.73. The van der Waals surface area contributed by atoms with Crippen molar-refractivity contribution in [3.8, 4) is 11.4 Å². The molecule has 0 bridgehead atoms. The van der Waals surface area contributed by atoms with E-state index in [2.05, 4.69) is 5.10 Å². The Balaban J connectivity index is 1.85. The summed E-state index contributed by atoms with van der Waals surface area (Å²) in [5.74, 6) is -1.15.